The molecule has 2 rings (SSSR count). The molecule has 0 saturated carbocycles. The van der Waals surface area contributed by atoms with Crippen LogP contribution in [-0.2, 0) is 16.4 Å². The molecule has 0 bridgehead atoms. The first kappa shape index (κ1) is 15.9. The van der Waals surface area contributed by atoms with Gasteiger partial charge in [-0.3, -0.25) is 0 Å². The van der Waals surface area contributed by atoms with Gasteiger partial charge in [-0.05, 0) is 12.1 Å². The van der Waals surface area contributed by atoms with Crippen LogP contribution in [-0.4, -0.2) is 31.0 Å². The predicted molar refractivity (Wildman–Crippen MR) is 79.4 cm³/mol. The van der Waals surface area contributed by atoms with Gasteiger partial charge < -0.3 is 5.11 Å². The molecule has 0 aliphatic carbocycles. The maximum atomic E-state index is 12.0. The summed E-state index contributed by atoms with van der Waals surface area (Å²) in [4.78, 5) is 14.6. The number of thiazole rings is 1. The number of rotatable bonds is 6. The molecule has 112 valence electrons. The minimum atomic E-state index is -3.69. The molecular weight excluding hydrogens is 336 g/mol. The van der Waals surface area contributed by atoms with Gasteiger partial charge in [0.2, 0.25) is 10.0 Å². The van der Waals surface area contributed by atoms with Crippen molar-refractivity contribution in [2.75, 3.05) is 6.54 Å². The number of carboxylic acid groups (broad SMARTS) is 1. The third kappa shape index (κ3) is 4.01. The molecule has 21 heavy (non-hydrogen) atoms. The van der Waals surface area contributed by atoms with Gasteiger partial charge in [-0.15, -0.1) is 11.3 Å². The topological polar surface area (TPSA) is 96.4 Å². The average molecular weight is 347 g/mol. The molecule has 1 aromatic heterocycles. The molecule has 0 atom stereocenters. The van der Waals surface area contributed by atoms with Gasteiger partial charge in [-0.1, -0.05) is 23.7 Å². The summed E-state index contributed by atoms with van der Waals surface area (Å²) in [6.45, 7) is 0.111. The third-order valence-corrected chi connectivity index (χ3v) is 5.40. The quantitative estimate of drug-likeness (QED) is 0.834. The lowest BCUT2D eigenvalue weighted by Gasteiger charge is -2.07. The molecule has 1 aromatic carbocycles. The molecule has 0 fully saturated rings. The van der Waals surface area contributed by atoms with Crippen molar-refractivity contribution in [3.8, 4) is 0 Å². The number of halogens is 1. The molecule has 0 unspecified atom stereocenters. The van der Waals surface area contributed by atoms with E-state index in [1.165, 1.54) is 28.8 Å². The standard InChI is InChI=1S/C12H11ClN2O4S2/c13-8-3-1-2-4-10(8)21(18,19)14-6-5-11-15-9(7-20-11)12(16)17/h1-4,7,14H,5-6H2,(H,16,17). The van der Waals surface area contributed by atoms with E-state index in [9.17, 15) is 13.2 Å². The van der Waals surface area contributed by atoms with Gasteiger partial charge in [0.15, 0.2) is 5.69 Å². The largest absolute Gasteiger partial charge is 0.476 e. The van der Waals surface area contributed by atoms with Crippen LogP contribution in [0.2, 0.25) is 5.02 Å². The van der Waals surface area contributed by atoms with E-state index in [1.807, 2.05) is 0 Å². The Morgan fingerprint density at radius 1 is 1.38 bits per heavy atom. The SMILES string of the molecule is O=C(O)c1csc(CCNS(=O)(=O)c2ccccc2Cl)n1. The molecule has 0 amide bonds. The first-order valence-corrected chi connectivity index (χ1v) is 8.56. The number of nitrogens with one attached hydrogen (secondary N) is 1. The van der Waals surface area contributed by atoms with Gasteiger partial charge in [0, 0.05) is 18.3 Å². The Hall–Kier alpha value is -1.48. The van der Waals surface area contributed by atoms with E-state index in [4.69, 9.17) is 16.7 Å². The predicted octanol–water partition coefficient (Wildman–Crippen LogP) is 2.02. The lowest BCUT2D eigenvalue weighted by atomic mass is 10.4. The summed E-state index contributed by atoms with van der Waals surface area (Å²) in [6, 6.07) is 6.14. The maximum Gasteiger partial charge on any atom is 0.355 e. The number of aromatic nitrogens is 1. The van der Waals surface area contributed by atoms with Gasteiger partial charge in [0.1, 0.15) is 4.90 Å². The zero-order valence-electron chi connectivity index (χ0n) is 10.6. The molecule has 0 aliphatic rings. The summed E-state index contributed by atoms with van der Waals surface area (Å²) < 4.78 is 26.5. The highest BCUT2D eigenvalue weighted by Gasteiger charge is 2.17. The summed E-state index contributed by atoms with van der Waals surface area (Å²) in [6.07, 6.45) is 0.307. The number of benzene rings is 1. The maximum absolute atomic E-state index is 12.0. The molecule has 0 spiro atoms. The Bertz CT molecular complexity index is 758. The number of carbonyl (C=O) groups is 1. The van der Waals surface area contributed by atoms with Crippen LogP contribution in [0.5, 0.6) is 0 Å². The smallest absolute Gasteiger partial charge is 0.355 e. The Balaban J connectivity index is 1.99. The number of carboxylic acids is 1. The molecule has 2 N–H and O–H groups in total. The van der Waals surface area contributed by atoms with E-state index in [0.717, 1.165) is 0 Å². The van der Waals surface area contributed by atoms with Gasteiger partial charge >= 0.3 is 5.97 Å². The number of nitrogens with zero attached hydrogens (tertiary/aromatic N) is 1. The molecule has 2 aromatic rings. The van der Waals surface area contributed by atoms with Gasteiger partial charge in [-0.2, -0.15) is 0 Å². The first-order valence-electron chi connectivity index (χ1n) is 5.82. The Labute approximate surface area is 130 Å². The van der Waals surface area contributed by atoms with E-state index in [2.05, 4.69) is 9.71 Å². The van der Waals surface area contributed by atoms with Crippen LogP contribution >= 0.6 is 22.9 Å². The summed E-state index contributed by atoms with van der Waals surface area (Å²) in [5, 5.41) is 10.9. The summed E-state index contributed by atoms with van der Waals surface area (Å²) in [5.74, 6) is -1.10. The van der Waals surface area contributed by atoms with Crippen molar-refractivity contribution in [1.82, 2.24) is 9.71 Å². The fourth-order valence-electron chi connectivity index (χ4n) is 1.56. The lowest BCUT2D eigenvalue weighted by molar-refractivity contribution is 0.0691. The summed E-state index contributed by atoms with van der Waals surface area (Å²) in [7, 11) is -3.69. The Kier molecular flexibility index (Phi) is 4.94. The highest BCUT2D eigenvalue weighted by atomic mass is 35.5. The Morgan fingerprint density at radius 2 is 2.10 bits per heavy atom. The minimum absolute atomic E-state index is 0.0111. The normalized spacial score (nSPS) is 11.5. The molecule has 0 aliphatic heterocycles. The zero-order chi connectivity index (χ0) is 15.5. The van der Waals surface area contributed by atoms with Crippen LogP contribution < -0.4 is 4.72 Å². The number of hydrogen-bond acceptors (Lipinski definition) is 5. The van der Waals surface area contributed by atoms with E-state index < -0.39 is 16.0 Å². The van der Waals surface area contributed by atoms with Gasteiger partial charge in [0.05, 0.1) is 10.0 Å². The number of hydrogen-bond donors (Lipinski definition) is 2. The number of sulfonamides is 1. The van der Waals surface area contributed by atoms with Crippen LogP contribution in [0.15, 0.2) is 34.5 Å². The van der Waals surface area contributed by atoms with Crippen LogP contribution in [0, 0.1) is 0 Å². The summed E-state index contributed by atoms with van der Waals surface area (Å²) >= 11 is 7.02. The van der Waals surface area contributed by atoms with Crippen molar-refractivity contribution in [1.29, 1.82) is 0 Å². The van der Waals surface area contributed by atoms with Gasteiger partial charge in [0.25, 0.3) is 0 Å². The lowest BCUT2D eigenvalue weighted by Crippen LogP contribution is -2.26. The van der Waals surface area contributed by atoms with Crippen LogP contribution in [0.3, 0.4) is 0 Å². The van der Waals surface area contributed by atoms with Gasteiger partial charge in [-0.25, -0.2) is 22.9 Å². The van der Waals surface area contributed by atoms with Crippen molar-refractivity contribution >= 4 is 38.9 Å². The number of aromatic carboxylic acids is 1. The van der Waals surface area contributed by atoms with Crippen LogP contribution in [0.25, 0.3) is 0 Å². The average Bonchev–Trinajstić information content (AvgIpc) is 2.88. The van der Waals surface area contributed by atoms with Crippen molar-refractivity contribution in [2.45, 2.75) is 11.3 Å². The Morgan fingerprint density at radius 3 is 2.71 bits per heavy atom. The van der Waals surface area contributed by atoms with Crippen LogP contribution in [0.1, 0.15) is 15.5 Å². The monoisotopic (exact) mass is 346 g/mol. The highest BCUT2D eigenvalue weighted by Crippen LogP contribution is 2.20. The second-order valence-corrected chi connectivity index (χ2v) is 7.10. The molecule has 9 heteroatoms. The third-order valence-electron chi connectivity index (χ3n) is 2.53. The van der Waals surface area contributed by atoms with E-state index in [1.54, 1.807) is 12.1 Å². The summed E-state index contributed by atoms with van der Waals surface area (Å²) in [5.41, 5.74) is -0.0380. The molecule has 1 heterocycles. The molecule has 6 nitrogen and oxygen atoms in total. The van der Waals surface area contributed by atoms with E-state index in [-0.39, 0.29) is 22.2 Å². The second kappa shape index (κ2) is 6.52. The van der Waals surface area contributed by atoms with Crippen molar-refractivity contribution in [2.24, 2.45) is 0 Å². The molecule has 0 radical (unpaired) electrons. The molecule has 0 saturated heterocycles. The second-order valence-electron chi connectivity index (χ2n) is 4.01. The van der Waals surface area contributed by atoms with Crippen molar-refractivity contribution < 1.29 is 18.3 Å². The minimum Gasteiger partial charge on any atom is -0.476 e. The highest BCUT2D eigenvalue weighted by molar-refractivity contribution is 7.89. The molecular formula is C12H11ClN2O4S2. The van der Waals surface area contributed by atoms with Crippen molar-refractivity contribution in [3.63, 3.8) is 0 Å². The van der Waals surface area contributed by atoms with Crippen LogP contribution in [0.4, 0.5) is 0 Å². The fourth-order valence-corrected chi connectivity index (χ4v) is 3.88. The fraction of sp³-hybridized carbons (Fsp3) is 0.167. The van der Waals surface area contributed by atoms with E-state index in [0.29, 0.717) is 11.4 Å². The van der Waals surface area contributed by atoms with E-state index >= 15 is 0 Å². The first-order chi connectivity index (χ1) is 9.90. The zero-order valence-corrected chi connectivity index (χ0v) is 13.0. The van der Waals surface area contributed by atoms with Crippen molar-refractivity contribution in [3.05, 3.63) is 45.4 Å².